The van der Waals surface area contributed by atoms with Crippen LogP contribution >= 0.6 is 11.3 Å². The third-order valence-corrected chi connectivity index (χ3v) is 4.72. The van der Waals surface area contributed by atoms with Gasteiger partial charge in [-0.1, -0.05) is 32.1 Å². The molecule has 0 saturated carbocycles. The molecular formula is C17H18F3NS. The van der Waals surface area contributed by atoms with Gasteiger partial charge in [0.1, 0.15) is 5.01 Å². The van der Waals surface area contributed by atoms with Gasteiger partial charge < -0.3 is 0 Å². The molecule has 1 heterocycles. The summed E-state index contributed by atoms with van der Waals surface area (Å²) < 4.78 is 37.8. The molecule has 0 N–H and O–H groups in total. The molecule has 0 aliphatic rings. The summed E-state index contributed by atoms with van der Waals surface area (Å²) in [5.74, 6) is 0. The number of thiazole rings is 1. The Morgan fingerprint density at radius 2 is 1.86 bits per heavy atom. The SMILES string of the molecule is C=C(CCCC)c1sc(-c2ccc(C(F)(F)F)cc2)nc1C. The molecule has 1 aromatic carbocycles. The average molecular weight is 325 g/mol. The number of aromatic nitrogens is 1. The summed E-state index contributed by atoms with van der Waals surface area (Å²) in [7, 11) is 0. The molecule has 118 valence electrons. The maximum Gasteiger partial charge on any atom is 0.416 e. The Morgan fingerprint density at radius 3 is 2.41 bits per heavy atom. The standard InChI is InChI=1S/C17H18F3NS/c1-4-5-6-11(2)15-12(3)21-16(22-15)13-7-9-14(10-8-13)17(18,19)20/h7-10H,2,4-6H2,1,3H3. The van der Waals surface area contributed by atoms with Crippen LogP contribution in [0.4, 0.5) is 13.2 Å². The minimum absolute atomic E-state index is 0.642. The Balaban J connectivity index is 2.25. The van der Waals surface area contributed by atoms with Gasteiger partial charge in [0.25, 0.3) is 0 Å². The number of hydrogen-bond acceptors (Lipinski definition) is 2. The van der Waals surface area contributed by atoms with Crippen molar-refractivity contribution >= 4 is 16.9 Å². The summed E-state index contributed by atoms with van der Waals surface area (Å²) in [6, 6.07) is 5.13. The molecular weight excluding hydrogens is 307 g/mol. The molecule has 5 heteroatoms. The van der Waals surface area contributed by atoms with Gasteiger partial charge in [-0.3, -0.25) is 0 Å². The average Bonchev–Trinajstić information content (AvgIpc) is 2.86. The Morgan fingerprint density at radius 1 is 1.23 bits per heavy atom. The second-order valence-electron chi connectivity index (χ2n) is 5.22. The van der Waals surface area contributed by atoms with Crippen LogP contribution in [-0.4, -0.2) is 4.98 Å². The number of aryl methyl sites for hydroxylation is 1. The molecule has 0 spiro atoms. The van der Waals surface area contributed by atoms with Crippen LogP contribution in [0.5, 0.6) is 0 Å². The van der Waals surface area contributed by atoms with E-state index in [1.807, 2.05) is 6.92 Å². The molecule has 0 fully saturated rings. The summed E-state index contributed by atoms with van der Waals surface area (Å²) in [5.41, 5.74) is 2.00. The number of alkyl halides is 3. The summed E-state index contributed by atoms with van der Waals surface area (Å²) in [6.45, 7) is 8.14. The maximum atomic E-state index is 12.6. The molecule has 1 aromatic heterocycles. The maximum absolute atomic E-state index is 12.6. The van der Waals surface area contributed by atoms with E-state index in [0.717, 1.165) is 52.5 Å². The minimum Gasteiger partial charge on any atom is -0.241 e. The van der Waals surface area contributed by atoms with Crippen molar-refractivity contribution in [3.8, 4) is 10.6 Å². The normalized spacial score (nSPS) is 11.7. The third-order valence-electron chi connectivity index (χ3n) is 3.41. The first-order chi connectivity index (χ1) is 10.3. The monoisotopic (exact) mass is 325 g/mol. The van der Waals surface area contributed by atoms with Crippen LogP contribution in [0.3, 0.4) is 0 Å². The number of nitrogens with zero attached hydrogens (tertiary/aromatic N) is 1. The Hall–Kier alpha value is -1.62. The number of unbranched alkanes of at least 4 members (excludes halogenated alkanes) is 1. The first kappa shape index (κ1) is 16.7. The van der Waals surface area contributed by atoms with Gasteiger partial charge in [-0.2, -0.15) is 13.2 Å². The van der Waals surface area contributed by atoms with Gasteiger partial charge in [0.15, 0.2) is 0 Å². The number of rotatable bonds is 5. The minimum atomic E-state index is -4.31. The van der Waals surface area contributed by atoms with Crippen LogP contribution in [-0.2, 0) is 6.18 Å². The first-order valence-electron chi connectivity index (χ1n) is 7.16. The molecule has 2 rings (SSSR count). The fourth-order valence-electron chi connectivity index (χ4n) is 2.15. The third kappa shape index (κ3) is 3.77. The van der Waals surface area contributed by atoms with Crippen molar-refractivity contribution < 1.29 is 13.2 Å². The highest BCUT2D eigenvalue weighted by Crippen LogP contribution is 2.35. The van der Waals surface area contributed by atoms with Crippen LogP contribution < -0.4 is 0 Å². The zero-order valence-electron chi connectivity index (χ0n) is 12.6. The van der Waals surface area contributed by atoms with Crippen LogP contribution in [0.15, 0.2) is 30.8 Å². The Kier molecular flexibility index (Phi) is 5.06. The molecule has 0 amide bonds. The highest BCUT2D eigenvalue weighted by atomic mass is 32.1. The van der Waals surface area contributed by atoms with Crippen molar-refractivity contribution in [3.05, 3.63) is 47.0 Å². The van der Waals surface area contributed by atoms with Gasteiger partial charge in [-0.15, -0.1) is 11.3 Å². The first-order valence-corrected chi connectivity index (χ1v) is 7.97. The van der Waals surface area contributed by atoms with Crippen LogP contribution in [0.2, 0.25) is 0 Å². The van der Waals surface area contributed by atoms with E-state index in [1.165, 1.54) is 23.5 Å². The quantitative estimate of drug-likeness (QED) is 0.625. The Labute approximate surface area is 132 Å². The van der Waals surface area contributed by atoms with Crippen LogP contribution in [0, 0.1) is 6.92 Å². The second-order valence-corrected chi connectivity index (χ2v) is 6.21. The van der Waals surface area contributed by atoms with E-state index >= 15 is 0 Å². The van der Waals surface area contributed by atoms with Gasteiger partial charge in [0, 0.05) is 5.56 Å². The van der Waals surface area contributed by atoms with Crippen LogP contribution in [0.1, 0.15) is 42.3 Å². The van der Waals surface area contributed by atoms with Crippen molar-refractivity contribution in [1.29, 1.82) is 0 Å². The van der Waals surface area contributed by atoms with Gasteiger partial charge >= 0.3 is 6.18 Å². The predicted molar refractivity (Wildman–Crippen MR) is 85.8 cm³/mol. The summed E-state index contributed by atoms with van der Waals surface area (Å²) in [4.78, 5) is 5.52. The van der Waals surface area contributed by atoms with E-state index in [4.69, 9.17) is 0 Å². The van der Waals surface area contributed by atoms with E-state index in [-0.39, 0.29) is 0 Å². The largest absolute Gasteiger partial charge is 0.416 e. The molecule has 1 nitrogen and oxygen atoms in total. The number of hydrogen-bond donors (Lipinski definition) is 0. The van der Waals surface area contributed by atoms with Gasteiger partial charge in [-0.25, -0.2) is 4.98 Å². The Bertz CT molecular complexity index is 654. The van der Waals surface area contributed by atoms with Crippen molar-refractivity contribution in [2.75, 3.05) is 0 Å². The lowest BCUT2D eigenvalue weighted by atomic mass is 10.1. The highest BCUT2D eigenvalue weighted by Gasteiger charge is 2.30. The zero-order valence-corrected chi connectivity index (χ0v) is 13.4. The topological polar surface area (TPSA) is 12.9 Å². The molecule has 0 radical (unpaired) electrons. The molecule has 22 heavy (non-hydrogen) atoms. The molecule has 0 atom stereocenters. The molecule has 0 aliphatic heterocycles. The van der Waals surface area contributed by atoms with Crippen LogP contribution in [0.25, 0.3) is 16.1 Å². The highest BCUT2D eigenvalue weighted by molar-refractivity contribution is 7.16. The lowest BCUT2D eigenvalue weighted by Gasteiger charge is -2.06. The number of halogens is 3. The second kappa shape index (κ2) is 6.65. The fourth-order valence-corrected chi connectivity index (χ4v) is 3.22. The number of allylic oxidation sites excluding steroid dienone is 1. The van der Waals surface area contributed by atoms with Gasteiger partial charge in [0.05, 0.1) is 16.1 Å². The van der Waals surface area contributed by atoms with E-state index in [2.05, 4.69) is 18.5 Å². The molecule has 0 bridgehead atoms. The summed E-state index contributed by atoms with van der Waals surface area (Å²) >= 11 is 1.49. The summed E-state index contributed by atoms with van der Waals surface area (Å²) in [5, 5.41) is 0.735. The molecule has 2 aromatic rings. The van der Waals surface area contributed by atoms with Crippen molar-refractivity contribution in [3.63, 3.8) is 0 Å². The van der Waals surface area contributed by atoms with E-state index in [0.29, 0.717) is 5.56 Å². The van der Waals surface area contributed by atoms with Gasteiger partial charge in [-0.05, 0) is 37.5 Å². The van der Waals surface area contributed by atoms with Gasteiger partial charge in [0.2, 0.25) is 0 Å². The van der Waals surface area contributed by atoms with Crippen molar-refractivity contribution in [2.24, 2.45) is 0 Å². The molecule has 0 saturated heterocycles. The zero-order chi connectivity index (χ0) is 16.3. The smallest absolute Gasteiger partial charge is 0.241 e. The van der Waals surface area contributed by atoms with Crippen molar-refractivity contribution in [2.45, 2.75) is 39.3 Å². The van der Waals surface area contributed by atoms with Crippen molar-refractivity contribution in [1.82, 2.24) is 4.98 Å². The van der Waals surface area contributed by atoms with E-state index < -0.39 is 11.7 Å². The lowest BCUT2D eigenvalue weighted by Crippen LogP contribution is -2.03. The van der Waals surface area contributed by atoms with E-state index in [1.54, 1.807) is 0 Å². The molecule has 0 aliphatic carbocycles. The fraction of sp³-hybridized carbons (Fsp3) is 0.353. The lowest BCUT2D eigenvalue weighted by molar-refractivity contribution is -0.137. The molecule has 0 unspecified atom stereocenters. The predicted octanol–water partition coefficient (Wildman–Crippen LogP) is 6.34. The number of benzene rings is 1. The van der Waals surface area contributed by atoms with E-state index in [9.17, 15) is 13.2 Å². The summed E-state index contributed by atoms with van der Waals surface area (Å²) in [6.07, 6.45) is -1.21.